The molecule has 1 heterocycles. The molecular weight excluding hydrogens is 254 g/mol. The largest absolute Gasteiger partial charge is 0.330 e. The molecule has 0 radical (unpaired) electrons. The van der Waals surface area contributed by atoms with E-state index in [1.807, 2.05) is 0 Å². The number of rotatable bonds is 7. The molecule has 1 atom stereocenters. The van der Waals surface area contributed by atoms with Crippen molar-refractivity contribution in [2.24, 2.45) is 20.0 Å². The summed E-state index contributed by atoms with van der Waals surface area (Å²) < 4.78 is 2.64. The Hall–Kier alpha value is -1.36. The average Bonchev–Trinajstić information content (AvgIpc) is 2.38. The topological polar surface area (TPSA) is 56.0 Å². The van der Waals surface area contributed by atoms with Crippen LogP contribution in [0.4, 0.5) is 0 Å². The van der Waals surface area contributed by atoms with Crippen molar-refractivity contribution in [1.82, 2.24) is 14.5 Å². The molecule has 0 bridgehead atoms. The third kappa shape index (κ3) is 4.63. The summed E-state index contributed by atoms with van der Waals surface area (Å²) in [6.07, 6.45) is 3.54. The Bertz CT molecular complexity index is 543. The van der Waals surface area contributed by atoms with Gasteiger partial charge in [0.2, 0.25) is 0 Å². The fraction of sp³-hybridized carbons (Fsp3) is 0.733. The first-order chi connectivity index (χ1) is 9.32. The molecule has 0 aliphatic heterocycles. The van der Waals surface area contributed by atoms with Crippen LogP contribution >= 0.6 is 0 Å². The normalized spacial score (nSPS) is 12.9. The molecule has 0 aliphatic rings. The second kappa shape index (κ2) is 7.43. The highest BCUT2D eigenvalue weighted by Crippen LogP contribution is 2.08. The number of hydrogen-bond donors (Lipinski definition) is 1. The molecule has 0 saturated carbocycles. The minimum Gasteiger partial charge on any atom is -0.309 e. The monoisotopic (exact) mass is 281 g/mol. The van der Waals surface area contributed by atoms with Gasteiger partial charge in [0.05, 0.1) is 0 Å². The Morgan fingerprint density at radius 3 is 2.35 bits per heavy atom. The Morgan fingerprint density at radius 1 is 1.10 bits per heavy atom. The van der Waals surface area contributed by atoms with E-state index in [0.717, 1.165) is 22.6 Å². The van der Waals surface area contributed by atoms with Gasteiger partial charge in [-0.25, -0.2) is 4.79 Å². The van der Waals surface area contributed by atoms with Crippen molar-refractivity contribution in [3.63, 3.8) is 0 Å². The van der Waals surface area contributed by atoms with Gasteiger partial charge in [-0.2, -0.15) is 0 Å². The zero-order valence-corrected chi connectivity index (χ0v) is 13.3. The van der Waals surface area contributed by atoms with Crippen molar-refractivity contribution in [2.75, 3.05) is 0 Å². The molecule has 1 N–H and O–H groups in total. The van der Waals surface area contributed by atoms with Crippen LogP contribution in [0.3, 0.4) is 0 Å². The molecule has 1 aromatic heterocycles. The smallest absolute Gasteiger partial charge is 0.309 e. The third-order valence-corrected chi connectivity index (χ3v) is 3.68. The first-order valence-corrected chi connectivity index (χ1v) is 7.32. The standard InChI is InChI=1S/C15H27N3O2/c1-11(2)7-6-8-12(3)16-10-13-9-14(19)18(5)15(20)17(13)4/h9,11-12,16H,6-8,10H2,1-5H3. The van der Waals surface area contributed by atoms with Gasteiger partial charge in [-0.3, -0.25) is 13.9 Å². The quantitative estimate of drug-likeness (QED) is 0.821. The molecule has 0 aromatic carbocycles. The third-order valence-electron chi connectivity index (χ3n) is 3.68. The van der Waals surface area contributed by atoms with E-state index in [1.165, 1.54) is 30.5 Å². The van der Waals surface area contributed by atoms with Gasteiger partial charge in [0, 0.05) is 38.4 Å². The van der Waals surface area contributed by atoms with Crippen LogP contribution in [-0.2, 0) is 20.6 Å². The zero-order chi connectivity index (χ0) is 15.3. The predicted molar refractivity (Wildman–Crippen MR) is 81.9 cm³/mol. The minimum absolute atomic E-state index is 0.252. The van der Waals surface area contributed by atoms with Crippen molar-refractivity contribution < 1.29 is 0 Å². The summed E-state index contributed by atoms with van der Waals surface area (Å²) in [6.45, 7) is 7.14. The second-order valence-corrected chi connectivity index (χ2v) is 5.98. The van der Waals surface area contributed by atoms with E-state index in [0.29, 0.717) is 12.6 Å². The number of nitrogens with one attached hydrogen (secondary N) is 1. The Morgan fingerprint density at radius 2 is 1.75 bits per heavy atom. The molecule has 5 heteroatoms. The van der Waals surface area contributed by atoms with Crippen LogP contribution in [0.15, 0.2) is 15.7 Å². The lowest BCUT2D eigenvalue weighted by Gasteiger charge is -2.16. The van der Waals surface area contributed by atoms with Crippen molar-refractivity contribution in [2.45, 2.75) is 52.6 Å². The predicted octanol–water partition coefficient (Wildman–Crippen LogP) is 1.39. The van der Waals surface area contributed by atoms with Gasteiger partial charge in [-0.1, -0.05) is 26.7 Å². The first-order valence-electron chi connectivity index (χ1n) is 7.32. The summed E-state index contributed by atoms with van der Waals surface area (Å²) in [7, 11) is 3.19. The van der Waals surface area contributed by atoms with Crippen LogP contribution in [0.5, 0.6) is 0 Å². The van der Waals surface area contributed by atoms with Crippen LogP contribution in [0.25, 0.3) is 0 Å². The van der Waals surface area contributed by atoms with Crippen LogP contribution < -0.4 is 16.6 Å². The SMILES string of the molecule is CC(C)CCCC(C)NCc1cc(=O)n(C)c(=O)n1C. The Balaban J connectivity index is 2.58. The maximum Gasteiger partial charge on any atom is 0.330 e. The lowest BCUT2D eigenvalue weighted by atomic mass is 10.0. The van der Waals surface area contributed by atoms with Crippen molar-refractivity contribution in [3.8, 4) is 0 Å². The maximum absolute atomic E-state index is 11.8. The molecule has 0 aliphatic carbocycles. The molecule has 5 nitrogen and oxygen atoms in total. The molecule has 1 rings (SSSR count). The average molecular weight is 281 g/mol. The molecule has 1 unspecified atom stereocenters. The van der Waals surface area contributed by atoms with E-state index in [-0.39, 0.29) is 11.2 Å². The van der Waals surface area contributed by atoms with Crippen LogP contribution in [-0.4, -0.2) is 15.2 Å². The summed E-state index contributed by atoms with van der Waals surface area (Å²) in [4.78, 5) is 23.4. The van der Waals surface area contributed by atoms with Crippen molar-refractivity contribution >= 4 is 0 Å². The van der Waals surface area contributed by atoms with E-state index in [1.54, 1.807) is 7.05 Å². The van der Waals surface area contributed by atoms with Gasteiger partial charge in [0.15, 0.2) is 0 Å². The van der Waals surface area contributed by atoms with Gasteiger partial charge >= 0.3 is 5.69 Å². The number of nitrogens with zero attached hydrogens (tertiary/aromatic N) is 2. The molecule has 0 saturated heterocycles. The summed E-state index contributed by atoms with van der Waals surface area (Å²) in [5, 5.41) is 3.38. The van der Waals surface area contributed by atoms with Gasteiger partial charge in [-0.05, 0) is 19.3 Å². The van der Waals surface area contributed by atoms with Crippen LogP contribution in [0.1, 0.15) is 45.7 Å². The van der Waals surface area contributed by atoms with E-state index >= 15 is 0 Å². The van der Waals surface area contributed by atoms with E-state index in [2.05, 4.69) is 26.1 Å². The minimum atomic E-state index is -0.276. The van der Waals surface area contributed by atoms with E-state index < -0.39 is 0 Å². The molecule has 1 aromatic rings. The number of hydrogen-bond acceptors (Lipinski definition) is 3. The lowest BCUT2D eigenvalue weighted by molar-refractivity contribution is 0.450. The molecule has 20 heavy (non-hydrogen) atoms. The van der Waals surface area contributed by atoms with Crippen LogP contribution in [0.2, 0.25) is 0 Å². The molecule has 0 fully saturated rings. The van der Waals surface area contributed by atoms with Gasteiger partial charge in [-0.15, -0.1) is 0 Å². The van der Waals surface area contributed by atoms with E-state index in [9.17, 15) is 9.59 Å². The van der Waals surface area contributed by atoms with E-state index in [4.69, 9.17) is 0 Å². The van der Waals surface area contributed by atoms with Crippen molar-refractivity contribution in [3.05, 3.63) is 32.6 Å². The van der Waals surface area contributed by atoms with Crippen LogP contribution in [0, 0.1) is 5.92 Å². The fourth-order valence-corrected chi connectivity index (χ4v) is 2.16. The number of aromatic nitrogens is 2. The highest BCUT2D eigenvalue weighted by molar-refractivity contribution is 5.02. The molecule has 114 valence electrons. The summed E-state index contributed by atoms with van der Waals surface area (Å²) >= 11 is 0. The molecule has 0 spiro atoms. The fourth-order valence-electron chi connectivity index (χ4n) is 2.16. The van der Waals surface area contributed by atoms with Gasteiger partial charge < -0.3 is 5.32 Å². The highest BCUT2D eigenvalue weighted by atomic mass is 16.2. The van der Waals surface area contributed by atoms with Crippen molar-refractivity contribution in [1.29, 1.82) is 0 Å². The first kappa shape index (κ1) is 16.7. The van der Waals surface area contributed by atoms with Gasteiger partial charge in [0.1, 0.15) is 0 Å². The molecular formula is C15H27N3O2. The maximum atomic E-state index is 11.8. The lowest BCUT2D eigenvalue weighted by Crippen LogP contribution is -2.39. The zero-order valence-electron chi connectivity index (χ0n) is 13.3. The second-order valence-electron chi connectivity index (χ2n) is 5.98. The summed E-state index contributed by atoms with van der Waals surface area (Å²) in [6, 6.07) is 1.91. The summed E-state index contributed by atoms with van der Waals surface area (Å²) in [5.41, 5.74) is 0.202. The Kier molecular flexibility index (Phi) is 6.20. The molecule has 0 amide bonds. The summed E-state index contributed by atoms with van der Waals surface area (Å²) in [5.74, 6) is 0.736. The highest BCUT2D eigenvalue weighted by Gasteiger charge is 2.07. The van der Waals surface area contributed by atoms with Gasteiger partial charge in [0.25, 0.3) is 5.56 Å². The Labute approximate surface area is 120 Å².